The maximum atomic E-state index is 10.6. The fourth-order valence-corrected chi connectivity index (χ4v) is 2.72. The van der Waals surface area contributed by atoms with Gasteiger partial charge in [0.1, 0.15) is 6.29 Å². The molecule has 1 saturated carbocycles. The summed E-state index contributed by atoms with van der Waals surface area (Å²) in [6.45, 7) is 0. The molecular weight excluding hydrogens is 203 g/mol. The van der Waals surface area contributed by atoms with E-state index in [-0.39, 0.29) is 29.6 Å². The summed E-state index contributed by atoms with van der Waals surface area (Å²) in [7, 11) is -4.27. The first kappa shape index (κ1) is 13.6. The number of carbonyl (C=O) groups is 1. The molecule has 0 radical (unpaired) electrons. The van der Waals surface area contributed by atoms with E-state index in [1.165, 1.54) is 0 Å². The van der Waals surface area contributed by atoms with Crippen molar-refractivity contribution in [3.05, 3.63) is 0 Å². The van der Waals surface area contributed by atoms with Crippen molar-refractivity contribution in [3.8, 4) is 0 Å². The maximum absolute atomic E-state index is 10.6. The van der Waals surface area contributed by atoms with Crippen molar-refractivity contribution in [2.75, 3.05) is 0 Å². The van der Waals surface area contributed by atoms with Gasteiger partial charge in [0.25, 0.3) is 0 Å². The van der Waals surface area contributed by atoms with Crippen LogP contribution in [0.4, 0.5) is 0 Å². The van der Waals surface area contributed by atoms with Gasteiger partial charge in [0.15, 0.2) is 0 Å². The molecule has 0 heterocycles. The largest absolute Gasteiger partial charge is 1.00 e. The van der Waals surface area contributed by atoms with E-state index in [1.807, 2.05) is 0 Å². The summed E-state index contributed by atoms with van der Waals surface area (Å²) in [5.41, 5.74) is 0. The number of hydrogen-bond acceptors (Lipinski definition) is 4. The summed E-state index contributed by atoms with van der Waals surface area (Å²) < 4.78 is 31.9. The van der Waals surface area contributed by atoms with Gasteiger partial charge in [-0.25, -0.2) is 8.42 Å². The fourth-order valence-electron chi connectivity index (χ4n) is 1.64. The normalized spacial score (nSPS) is 29.0. The average Bonchev–Trinajstić information content (AvgIpc) is 2.03. The number of aldehydes is 1. The molecule has 0 aromatic heterocycles. The molecule has 0 aromatic rings. The van der Waals surface area contributed by atoms with Crippen molar-refractivity contribution < 1.29 is 47.3 Å². The predicted octanol–water partition coefficient (Wildman–Crippen LogP) is -2.71. The zero-order valence-electron chi connectivity index (χ0n) is 7.60. The van der Waals surface area contributed by atoms with E-state index in [4.69, 9.17) is 0 Å². The Morgan fingerprint density at radius 1 is 1.23 bits per heavy atom. The van der Waals surface area contributed by atoms with Crippen LogP contribution in [-0.4, -0.2) is 24.5 Å². The molecular formula is C7H11NaO4S. The smallest absolute Gasteiger partial charge is 0.748 e. The van der Waals surface area contributed by atoms with Gasteiger partial charge in [0, 0.05) is 5.92 Å². The molecule has 1 fully saturated rings. The zero-order chi connectivity index (χ0) is 9.19. The molecule has 0 aromatic carbocycles. The Bertz CT molecular complexity index is 262. The van der Waals surface area contributed by atoms with Crippen molar-refractivity contribution >= 4 is 16.4 Å². The van der Waals surface area contributed by atoms with Gasteiger partial charge in [0.05, 0.1) is 15.4 Å². The number of carbonyl (C=O) groups excluding carboxylic acids is 1. The van der Waals surface area contributed by atoms with Gasteiger partial charge in [-0.2, -0.15) is 0 Å². The quantitative estimate of drug-likeness (QED) is 0.285. The Labute approximate surface area is 100 Å². The van der Waals surface area contributed by atoms with Crippen LogP contribution in [0.5, 0.6) is 0 Å². The Kier molecular flexibility index (Phi) is 5.70. The third kappa shape index (κ3) is 3.67. The second-order valence-electron chi connectivity index (χ2n) is 3.12. The Morgan fingerprint density at radius 2 is 1.77 bits per heavy atom. The van der Waals surface area contributed by atoms with Gasteiger partial charge in [-0.05, 0) is 12.8 Å². The summed E-state index contributed by atoms with van der Waals surface area (Å²) in [4.78, 5) is 10.4. The van der Waals surface area contributed by atoms with Gasteiger partial charge < -0.3 is 9.35 Å². The SMILES string of the molecule is O=CC1CCCCC1S(=O)(=O)[O-].[Na+]. The van der Waals surface area contributed by atoms with Crippen LogP contribution < -0.4 is 29.6 Å². The number of rotatable bonds is 2. The molecule has 1 aliphatic rings. The summed E-state index contributed by atoms with van der Waals surface area (Å²) >= 11 is 0. The molecule has 70 valence electrons. The summed E-state index contributed by atoms with van der Waals surface area (Å²) in [6.07, 6.45) is 3.05. The second kappa shape index (κ2) is 5.46. The second-order valence-corrected chi connectivity index (χ2v) is 4.71. The van der Waals surface area contributed by atoms with E-state index in [0.29, 0.717) is 19.1 Å². The van der Waals surface area contributed by atoms with E-state index >= 15 is 0 Å². The Balaban J connectivity index is 0.00000144. The monoisotopic (exact) mass is 214 g/mol. The van der Waals surface area contributed by atoms with Gasteiger partial charge in [-0.15, -0.1) is 0 Å². The molecule has 6 heteroatoms. The van der Waals surface area contributed by atoms with Crippen molar-refractivity contribution in [3.63, 3.8) is 0 Å². The van der Waals surface area contributed by atoms with Crippen LogP contribution >= 0.6 is 0 Å². The van der Waals surface area contributed by atoms with E-state index in [1.54, 1.807) is 0 Å². The van der Waals surface area contributed by atoms with Gasteiger partial charge in [0.2, 0.25) is 0 Å². The molecule has 0 amide bonds. The minimum atomic E-state index is -4.27. The molecule has 0 saturated heterocycles. The molecule has 1 aliphatic carbocycles. The first-order valence-corrected chi connectivity index (χ1v) is 5.43. The van der Waals surface area contributed by atoms with E-state index in [2.05, 4.69) is 0 Å². The first-order valence-electron chi connectivity index (χ1n) is 3.95. The molecule has 1 rings (SSSR count). The van der Waals surface area contributed by atoms with E-state index in [0.717, 1.165) is 12.8 Å². The Morgan fingerprint density at radius 3 is 2.15 bits per heavy atom. The fraction of sp³-hybridized carbons (Fsp3) is 0.857. The van der Waals surface area contributed by atoms with Crippen LogP contribution in [-0.2, 0) is 14.9 Å². The van der Waals surface area contributed by atoms with Crippen LogP contribution in [0.3, 0.4) is 0 Å². The van der Waals surface area contributed by atoms with Crippen LogP contribution in [0.15, 0.2) is 0 Å². The average molecular weight is 214 g/mol. The topological polar surface area (TPSA) is 74.3 Å². The van der Waals surface area contributed by atoms with Crippen LogP contribution in [0.25, 0.3) is 0 Å². The zero-order valence-corrected chi connectivity index (χ0v) is 10.4. The summed E-state index contributed by atoms with van der Waals surface area (Å²) in [5, 5.41) is -0.969. The minimum Gasteiger partial charge on any atom is -0.748 e. The van der Waals surface area contributed by atoms with Crippen molar-refractivity contribution in [2.24, 2.45) is 5.92 Å². The van der Waals surface area contributed by atoms with E-state index in [9.17, 15) is 17.8 Å². The van der Waals surface area contributed by atoms with Crippen LogP contribution in [0.2, 0.25) is 0 Å². The number of hydrogen-bond donors (Lipinski definition) is 0. The molecule has 0 bridgehead atoms. The molecule has 2 unspecified atom stereocenters. The maximum Gasteiger partial charge on any atom is 1.00 e. The minimum absolute atomic E-state index is 0. The molecule has 0 aliphatic heterocycles. The molecule has 13 heavy (non-hydrogen) atoms. The molecule has 2 atom stereocenters. The third-order valence-electron chi connectivity index (χ3n) is 2.30. The van der Waals surface area contributed by atoms with Crippen molar-refractivity contribution in [1.29, 1.82) is 0 Å². The molecule has 0 N–H and O–H groups in total. The van der Waals surface area contributed by atoms with Crippen LogP contribution in [0, 0.1) is 5.92 Å². The first-order chi connectivity index (χ1) is 5.55. The van der Waals surface area contributed by atoms with Gasteiger partial charge >= 0.3 is 29.6 Å². The predicted molar refractivity (Wildman–Crippen MR) is 41.5 cm³/mol. The third-order valence-corrected chi connectivity index (χ3v) is 3.63. The summed E-state index contributed by atoms with van der Waals surface area (Å²) in [6, 6.07) is 0. The molecule has 0 spiro atoms. The Hall–Kier alpha value is 0.580. The standard InChI is InChI=1S/C7H12O4S.Na/c8-5-6-3-1-2-4-7(6)12(9,10)11;/h5-7H,1-4H2,(H,9,10,11);/q;+1/p-1. The van der Waals surface area contributed by atoms with Crippen LogP contribution in [0.1, 0.15) is 25.7 Å². The van der Waals surface area contributed by atoms with Crippen molar-refractivity contribution in [1.82, 2.24) is 0 Å². The summed E-state index contributed by atoms with van der Waals surface area (Å²) in [5.74, 6) is -0.568. The van der Waals surface area contributed by atoms with Gasteiger partial charge in [-0.1, -0.05) is 12.8 Å². The van der Waals surface area contributed by atoms with Crippen molar-refractivity contribution in [2.45, 2.75) is 30.9 Å². The van der Waals surface area contributed by atoms with Gasteiger partial charge in [-0.3, -0.25) is 0 Å². The molecule has 4 nitrogen and oxygen atoms in total. The van der Waals surface area contributed by atoms with E-state index < -0.39 is 21.3 Å².